The molecule has 1 N–H and O–H groups in total. The highest BCUT2D eigenvalue weighted by molar-refractivity contribution is 5.64. The highest BCUT2D eigenvalue weighted by atomic mass is 16.1. The van der Waals surface area contributed by atoms with Crippen molar-refractivity contribution >= 4 is 5.57 Å². The summed E-state index contributed by atoms with van der Waals surface area (Å²) in [6.45, 7) is 2.04. The SMILES string of the molecule is CC1=CCCc2ccc(=O)[nH]c21. The van der Waals surface area contributed by atoms with Gasteiger partial charge in [-0.1, -0.05) is 12.1 Å². The third-order valence-electron chi connectivity index (χ3n) is 2.26. The molecular weight excluding hydrogens is 150 g/mol. The standard InChI is InChI=1S/C10H11NO/c1-7-3-2-4-8-5-6-9(12)11-10(7)8/h3,5-6H,2,4H2,1H3,(H,11,12). The maximum atomic E-state index is 11.0. The summed E-state index contributed by atoms with van der Waals surface area (Å²) in [5, 5.41) is 0. The molecule has 0 aromatic carbocycles. The van der Waals surface area contributed by atoms with Crippen molar-refractivity contribution in [2.24, 2.45) is 0 Å². The van der Waals surface area contributed by atoms with Gasteiger partial charge in [-0.3, -0.25) is 4.79 Å². The number of allylic oxidation sites excluding steroid dienone is 2. The average molecular weight is 161 g/mol. The molecule has 1 aliphatic rings. The summed E-state index contributed by atoms with van der Waals surface area (Å²) in [6.07, 6.45) is 4.30. The van der Waals surface area contributed by atoms with E-state index in [1.54, 1.807) is 6.07 Å². The van der Waals surface area contributed by atoms with Crippen LogP contribution in [0.2, 0.25) is 0 Å². The predicted octanol–water partition coefficient (Wildman–Crippen LogP) is 1.72. The Bertz CT molecular complexity index is 387. The molecule has 0 bridgehead atoms. The number of pyridine rings is 1. The van der Waals surface area contributed by atoms with Crippen molar-refractivity contribution < 1.29 is 0 Å². The fourth-order valence-corrected chi connectivity index (χ4v) is 1.61. The lowest BCUT2D eigenvalue weighted by molar-refractivity contribution is 0.944. The predicted molar refractivity (Wildman–Crippen MR) is 49.0 cm³/mol. The number of H-pyrrole nitrogens is 1. The first kappa shape index (κ1) is 7.35. The molecule has 2 rings (SSSR count). The highest BCUT2D eigenvalue weighted by Gasteiger charge is 2.08. The van der Waals surface area contributed by atoms with Gasteiger partial charge in [0.1, 0.15) is 0 Å². The van der Waals surface area contributed by atoms with Crippen molar-refractivity contribution in [2.45, 2.75) is 19.8 Å². The molecule has 1 heterocycles. The molecule has 1 aromatic heterocycles. The van der Waals surface area contributed by atoms with Gasteiger partial charge in [0.25, 0.3) is 0 Å². The van der Waals surface area contributed by atoms with Crippen LogP contribution in [-0.2, 0) is 6.42 Å². The zero-order valence-corrected chi connectivity index (χ0v) is 7.05. The first-order valence-electron chi connectivity index (χ1n) is 4.17. The molecule has 0 unspecified atom stereocenters. The summed E-state index contributed by atoms with van der Waals surface area (Å²) < 4.78 is 0. The number of rotatable bonds is 0. The second kappa shape index (κ2) is 2.63. The van der Waals surface area contributed by atoms with Gasteiger partial charge >= 0.3 is 0 Å². The van der Waals surface area contributed by atoms with E-state index in [9.17, 15) is 4.79 Å². The van der Waals surface area contributed by atoms with E-state index in [1.807, 2.05) is 13.0 Å². The first-order valence-corrected chi connectivity index (χ1v) is 4.17. The van der Waals surface area contributed by atoms with E-state index in [4.69, 9.17) is 0 Å². The second-order valence-electron chi connectivity index (χ2n) is 3.15. The van der Waals surface area contributed by atoms with Crippen LogP contribution >= 0.6 is 0 Å². The van der Waals surface area contributed by atoms with Gasteiger partial charge in [-0.05, 0) is 30.9 Å². The zero-order valence-electron chi connectivity index (χ0n) is 7.05. The molecule has 0 spiro atoms. The van der Waals surface area contributed by atoms with Crippen molar-refractivity contribution in [1.29, 1.82) is 0 Å². The Morgan fingerprint density at radius 1 is 1.42 bits per heavy atom. The van der Waals surface area contributed by atoms with Crippen LogP contribution in [-0.4, -0.2) is 4.98 Å². The molecule has 0 aliphatic heterocycles. The lowest BCUT2D eigenvalue weighted by Crippen LogP contribution is -2.11. The molecule has 62 valence electrons. The Kier molecular flexibility index (Phi) is 1.61. The smallest absolute Gasteiger partial charge is 0.248 e. The molecule has 1 aliphatic carbocycles. The zero-order chi connectivity index (χ0) is 8.55. The number of fused-ring (bicyclic) bond motifs is 1. The summed E-state index contributed by atoms with van der Waals surface area (Å²) in [7, 11) is 0. The summed E-state index contributed by atoms with van der Waals surface area (Å²) in [5.74, 6) is 0. The van der Waals surface area contributed by atoms with Crippen LogP contribution < -0.4 is 5.56 Å². The number of aryl methyl sites for hydroxylation is 1. The van der Waals surface area contributed by atoms with E-state index in [2.05, 4.69) is 11.1 Å². The largest absolute Gasteiger partial charge is 0.322 e. The van der Waals surface area contributed by atoms with E-state index in [0.29, 0.717) is 0 Å². The van der Waals surface area contributed by atoms with E-state index in [-0.39, 0.29) is 5.56 Å². The first-order chi connectivity index (χ1) is 5.77. The number of nitrogens with one attached hydrogen (secondary N) is 1. The maximum absolute atomic E-state index is 11.0. The van der Waals surface area contributed by atoms with Crippen LogP contribution in [0.1, 0.15) is 24.6 Å². The lowest BCUT2D eigenvalue weighted by atomic mass is 9.97. The molecule has 1 aromatic rings. The summed E-state index contributed by atoms with van der Waals surface area (Å²) in [5.41, 5.74) is 3.46. The summed E-state index contributed by atoms with van der Waals surface area (Å²) in [4.78, 5) is 13.9. The Hall–Kier alpha value is -1.31. The van der Waals surface area contributed by atoms with E-state index < -0.39 is 0 Å². The number of aromatic amines is 1. The number of hydrogen-bond donors (Lipinski definition) is 1. The van der Waals surface area contributed by atoms with E-state index in [1.165, 1.54) is 11.1 Å². The minimum absolute atomic E-state index is 0.0107. The fourth-order valence-electron chi connectivity index (χ4n) is 1.61. The van der Waals surface area contributed by atoms with Crippen LogP contribution in [0.15, 0.2) is 23.0 Å². The molecule has 0 radical (unpaired) electrons. The summed E-state index contributed by atoms with van der Waals surface area (Å²) in [6, 6.07) is 3.52. The Balaban J connectivity index is 2.65. The van der Waals surface area contributed by atoms with Gasteiger partial charge < -0.3 is 4.98 Å². The number of aromatic nitrogens is 1. The van der Waals surface area contributed by atoms with Crippen LogP contribution in [0.3, 0.4) is 0 Å². The van der Waals surface area contributed by atoms with Gasteiger partial charge in [0.05, 0.1) is 0 Å². The monoisotopic (exact) mass is 161 g/mol. The van der Waals surface area contributed by atoms with Crippen LogP contribution in [0.5, 0.6) is 0 Å². The molecule has 2 nitrogen and oxygen atoms in total. The quantitative estimate of drug-likeness (QED) is 0.617. The van der Waals surface area contributed by atoms with Crippen LogP contribution in [0.4, 0.5) is 0 Å². The van der Waals surface area contributed by atoms with Gasteiger partial charge in [-0.15, -0.1) is 0 Å². The average Bonchev–Trinajstić information content (AvgIpc) is 2.07. The molecule has 0 atom stereocenters. The molecule has 2 heteroatoms. The summed E-state index contributed by atoms with van der Waals surface area (Å²) >= 11 is 0. The van der Waals surface area contributed by atoms with E-state index >= 15 is 0 Å². The molecule has 0 saturated heterocycles. The van der Waals surface area contributed by atoms with E-state index in [0.717, 1.165) is 18.5 Å². The van der Waals surface area contributed by atoms with Gasteiger partial charge in [0.2, 0.25) is 5.56 Å². The maximum Gasteiger partial charge on any atom is 0.248 e. The lowest BCUT2D eigenvalue weighted by Gasteiger charge is -2.13. The molecular formula is C10H11NO. The fraction of sp³-hybridized carbons (Fsp3) is 0.300. The van der Waals surface area contributed by atoms with Gasteiger partial charge in [-0.2, -0.15) is 0 Å². The molecule has 0 amide bonds. The minimum atomic E-state index is -0.0107. The van der Waals surface area contributed by atoms with Gasteiger partial charge in [-0.25, -0.2) is 0 Å². The van der Waals surface area contributed by atoms with Gasteiger partial charge in [0.15, 0.2) is 0 Å². The normalized spacial score (nSPS) is 15.2. The Morgan fingerprint density at radius 3 is 3.08 bits per heavy atom. The third-order valence-corrected chi connectivity index (χ3v) is 2.26. The van der Waals surface area contributed by atoms with Crippen molar-refractivity contribution in [2.75, 3.05) is 0 Å². The highest BCUT2D eigenvalue weighted by Crippen LogP contribution is 2.21. The molecule has 0 fully saturated rings. The van der Waals surface area contributed by atoms with Crippen LogP contribution in [0.25, 0.3) is 5.57 Å². The molecule has 0 saturated carbocycles. The van der Waals surface area contributed by atoms with Crippen molar-refractivity contribution in [3.05, 3.63) is 39.8 Å². The third kappa shape index (κ3) is 1.09. The van der Waals surface area contributed by atoms with Crippen LogP contribution in [0, 0.1) is 0 Å². The van der Waals surface area contributed by atoms with Crippen molar-refractivity contribution in [3.63, 3.8) is 0 Å². The Labute approximate surface area is 70.9 Å². The minimum Gasteiger partial charge on any atom is -0.322 e. The molecule has 12 heavy (non-hydrogen) atoms. The van der Waals surface area contributed by atoms with Crippen molar-refractivity contribution in [3.8, 4) is 0 Å². The number of hydrogen-bond acceptors (Lipinski definition) is 1. The second-order valence-corrected chi connectivity index (χ2v) is 3.15. The topological polar surface area (TPSA) is 32.9 Å². The Morgan fingerprint density at radius 2 is 2.25 bits per heavy atom. The van der Waals surface area contributed by atoms with Gasteiger partial charge in [0, 0.05) is 11.8 Å². The van der Waals surface area contributed by atoms with Crippen molar-refractivity contribution in [1.82, 2.24) is 4.98 Å².